The highest BCUT2D eigenvalue weighted by atomic mass is 16.5. The van der Waals surface area contributed by atoms with Gasteiger partial charge in [0.25, 0.3) is 13.4 Å². The second-order valence-corrected chi connectivity index (χ2v) is 24.8. The summed E-state index contributed by atoms with van der Waals surface area (Å²) in [4.78, 5) is 9.57. The molecule has 0 aromatic heterocycles. The van der Waals surface area contributed by atoms with Gasteiger partial charge < -0.3 is 39.7 Å². The van der Waals surface area contributed by atoms with Gasteiger partial charge in [0.2, 0.25) is 0 Å². The fourth-order valence-electron chi connectivity index (χ4n) is 15.6. The molecular weight excluding hydrogens is 1160 g/mol. The number of nitrogens with zero attached hydrogens (tertiary/aromatic N) is 4. The second kappa shape index (κ2) is 21.9. The van der Waals surface area contributed by atoms with Crippen LogP contribution in [0.1, 0.15) is 11.1 Å². The number of rotatable bonds is 11. The molecule has 2 N–H and O–H groups in total. The van der Waals surface area contributed by atoms with Crippen molar-refractivity contribution >= 4 is 126 Å². The number of ether oxygens (including phenoxy) is 2. The second-order valence-electron chi connectivity index (χ2n) is 24.8. The van der Waals surface area contributed by atoms with Crippen molar-refractivity contribution in [1.82, 2.24) is 0 Å². The number of para-hydroxylation sites is 9. The summed E-state index contributed by atoms with van der Waals surface area (Å²) in [6.45, 7) is -0.604. The fraction of sp³-hybridized carbons (Fsp3) is 0.0118. The van der Waals surface area contributed by atoms with E-state index in [1.165, 1.54) is 10.9 Å². The summed E-state index contributed by atoms with van der Waals surface area (Å²) >= 11 is 0. The molecule has 446 valence electrons. The van der Waals surface area contributed by atoms with Crippen LogP contribution in [0.25, 0.3) is 11.1 Å². The maximum atomic E-state index is 8.14. The van der Waals surface area contributed by atoms with Crippen LogP contribution < -0.4 is 72.5 Å². The monoisotopic (exact) mass is 1220 g/mol. The van der Waals surface area contributed by atoms with Crippen LogP contribution in [-0.4, -0.2) is 13.4 Å². The topological polar surface area (TPSA) is 55.5 Å². The van der Waals surface area contributed by atoms with E-state index < -0.39 is 5.66 Å². The maximum Gasteiger partial charge on any atom is 0.256 e. The third-order valence-electron chi connectivity index (χ3n) is 19.6. The Labute approximate surface area is 553 Å². The molecule has 0 saturated heterocycles. The number of nitrogens with one attached hydrogen (secondary N) is 2. The van der Waals surface area contributed by atoms with Crippen molar-refractivity contribution in [3.05, 3.63) is 351 Å². The number of hydrogen-bond acceptors (Lipinski definition) is 8. The van der Waals surface area contributed by atoms with E-state index in [1.807, 2.05) is 0 Å². The number of fused-ring (bicyclic) bond motifs is 9. The van der Waals surface area contributed by atoms with E-state index in [9.17, 15) is 0 Å². The molecule has 95 heavy (non-hydrogen) atoms. The molecule has 8 nitrogen and oxygen atoms in total. The number of hydrogen-bond donors (Lipinski definition) is 2. The normalized spacial score (nSPS) is 13.6. The van der Waals surface area contributed by atoms with Gasteiger partial charge in [-0.15, -0.1) is 0 Å². The van der Waals surface area contributed by atoms with Gasteiger partial charge in [-0.05, 0) is 136 Å². The van der Waals surface area contributed by atoms with E-state index in [4.69, 9.17) is 9.47 Å². The Morgan fingerprint density at radius 3 is 1.08 bits per heavy atom. The molecule has 10 heteroatoms. The molecule has 5 aliphatic rings. The van der Waals surface area contributed by atoms with Crippen LogP contribution in [0.15, 0.2) is 340 Å². The summed E-state index contributed by atoms with van der Waals surface area (Å²) < 4.78 is 16.3. The minimum Gasteiger partial charge on any atom is -0.457 e. The van der Waals surface area contributed by atoms with Gasteiger partial charge in [0.15, 0.2) is 5.66 Å². The van der Waals surface area contributed by atoms with Gasteiger partial charge in [0.05, 0.1) is 28.3 Å². The highest BCUT2D eigenvalue weighted by molar-refractivity contribution is 7.02. The predicted octanol–water partition coefficient (Wildman–Crippen LogP) is 17.8. The first kappa shape index (κ1) is 54.4. The molecule has 5 aliphatic heterocycles. The van der Waals surface area contributed by atoms with Gasteiger partial charge in [-0.2, -0.15) is 0 Å². The van der Waals surface area contributed by atoms with E-state index in [0.29, 0.717) is 0 Å². The minimum atomic E-state index is -0.854. The molecular formula is C85H58B2N6O2. The molecule has 0 aliphatic carbocycles. The third kappa shape index (κ3) is 8.57. The Kier molecular flexibility index (Phi) is 12.5. The summed E-state index contributed by atoms with van der Waals surface area (Å²) in [6, 6.07) is 122. The zero-order valence-electron chi connectivity index (χ0n) is 51.6. The Morgan fingerprint density at radius 2 is 0.674 bits per heavy atom. The predicted molar refractivity (Wildman–Crippen MR) is 394 cm³/mol. The summed E-state index contributed by atoms with van der Waals surface area (Å²) in [6.07, 6.45) is 0. The highest BCUT2D eigenvalue weighted by Crippen LogP contribution is 2.56. The van der Waals surface area contributed by atoms with Gasteiger partial charge >= 0.3 is 0 Å². The summed E-state index contributed by atoms with van der Waals surface area (Å²) in [7, 11) is 0. The molecule has 0 atom stereocenters. The first-order valence-electron chi connectivity index (χ1n) is 32.6. The van der Waals surface area contributed by atoms with E-state index in [1.54, 1.807) is 0 Å². The Bertz CT molecular complexity index is 4910. The Balaban J connectivity index is 0.924. The van der Waals surface area contributed by atoms with E-state index >= 15 is 0 Å². The molecule has 0 radical (unpaired) electrons. The smallest absolute Gasteiger partial charge is 0.256 e. The minimum absolute atomic E-state index is 0.302. The highest BCUT2D eigenvalue weighted by Gasteiger charge is 2.50. The van der Waals surface area contributed by atoms with Gasteiger partial charge in [-0.1, -0.05) is 224 Å². The number of benzene rings is 14. The van der Waals surface area contributed by atoms with E-state index in [-0.39, 0.29) is 13.4 Å². The van der Waals surface area contributed by atoms with Crippen molar-refractivity contribution in [2.24, 2.45) is 0 Å². The van der Waals surface area contributed by atoms with Crippen molar-refractivity contribution in [1.29, 1.82) is 0 Å². The van der Waals surface area contributed by atoms with E-state index in [2.05, 4.69) is 370 Å². The SMILES string of the molecule is c1ccc(N(c2ccccc2)c2cc3c4c(c2)N(c2ccccc2)c2ccccc2B4c2cc4c(c(-c5cccc6c5NC(c5ccccc5)(c5ccccc5)N6)c2O3)Oc2cc(N(c3ccccc3)c3ccccc3)cc3c2B4c2ccccc2N3c2ccccc2)cc1. The third-order valence-corrected chi connectivity index (χ3v) is 19.6. The first-order valence-corrected chi connectivity index (χ1v) is 32.6. The lowest BCUT2D eigenvalue weighted by atomic mass is 9.30. The lowest BCUT2D eigenvalue weighted by molar-refractivity contribution is 0.469. The van der Waals surface area contributed by atoms with Crippen LogP contribution in [0.5, 0.6) is 23.0 Å². The van der Waals surface area contributed by atoms with Gasteiger partial charge in [-0.3, -0.25) is 0 Å². The van der Waals surface area contributed by atoms with Crippen LogP contribution in [0.3, 0.4) is 0 Å². The molecule has 14 aromatic carbocycles. The molecule has 0 unspecified atom stereocenters. The average Bonchev–Trinajstić information content (AvgIpc) is 0.790. The molecule has 5 heterocycles. The Morgan fingerprint density at radius 1 is 0.305 bits per heavy atom. The molecule has 0 bridgehead atoms. The number of anilines is 14. The largest absolute Gasteiger partial charge is 0.457 e. The fourth-order valence-corrected chi connectivity index (χ4v) is 15.6. The molecule has 19 rings (SSSR count). The van der Waals surface area contributed by atoms with Crippen molar-refractivity contribution in [2.75, 3.05) is 30.2 Å². The first-order chi connectivity index (χ1) is 47.1. The average molecular weight is 1220 g/mol. The Hall–Kier alpha value is -12.4. The van der Waals surface area contributed by atoms with Crippen molar-refractivity contribution in [3.63, 3.8) is 0 Å². The van der Waals surface area contributed by atoms with Crippen LogP contribution in [0.2, 0.25) is 0 Å². The van der Waals surface area contributed by atoms with Gasteiger partial charge in [-0.25, -0.2) is 0 Å². The van der Waals surface area contributed by atoms with Gasteiger partial charge in [0.1, 0.15) is 23.0 Å². The summed E-state index contributed by atoms with van der Waals surface area (Å²) in [5, 5.41) is 8.35. The quantitative estimate of drug-likeness (QED) is 0.124. The van der Waals surface area contributed by atoms with Crippen molar-refractivity contribution < 1.29 is 9.47 Å². The zero-order chi connectivity index (χ0) is 62.6. The molecule has 0 fully saturated rings. The van der Waals surface area contributed by atoms with Crippen LogP contribution >= 0.6 is 0 Å². The lowest BCUT2D eigenvalue weighted by Gasteiger charge is -2.43. The standard InChI is InChI=1S/C85H58B2N6O2/c1-9-30-57(31-10-1)85(58-32-11-2-12-33-58)88-72-49-29-46-67(82(72)89-85)79-83-70(86-68-47-25-27-50-73(68)92(63-42-21-7-22-43-63)75-52-65(54-77(94-83)80(75)86)90(59-34-13-3-14-35-59)60-36-15-4-16-37-60)56-71-84(79)95-78-55-66(91(61-38-17-5-18-39-61)62-40-19-6-20-41-62)53-76-81(78)87(71)69-48-26-28-51-74(69)93(76)64-44-23-8-24-45-64/h1-56,88-89H. The van der Waals surface area contributed by atoms with Gasteiger partial charge in [0, 0.05) is 85.7 Å². The molecule has 14 aromatic rings. The zero-order valence-corrected chi connectivity index (χ0v) is 51.6. The lowest BCUT2D eigenvalue weighted by Crippen LogP contribution is -2.63. The molecule has 0 spiro atoms. The summed E-state index contributed by atoms with van der Waals surface area (Å²) in [5.41, 5.74) is 24.0. The van der Waals surface area contributed by atoms with E-state index in [0.717, 1.165) is 147 Å². The van der Waals surface area contributed by atoms with Crippen LogP contribution in [0, 0.1) is 0 Å². The van der Waals surface area contributed by atoms with Crippen molar-refractivity contribution in [3.8, 4) is 34.1 Å². The summed E-state index contributed by atoms with van der Waals surface area (Å²) in [5.74, 6) is 2.98. The van der Waals surface area contributed by atoms with Crippen LogP contribution in [0.4, 0.5) is 79.6 Å². The molecule has 0 amide bonds. The maximum absolute atomic E-state index is 8.14. The molecule has 0 saturated carbocycles. The van der Waals surface area contributed by atoms with Crippen molar-refractivity contribution in [2.45, 2.75) is 5.66 Å². The van der Waals surface area contributed by atoms with Crippen LogP contribution in [-0.2, 0) is 5.66 Å².